The van der Waals surface area contributed by atoms with Crippen LogP contribution in [0, 0.1) is 0 Å². The molecule has 96 valence electrons. The fourth-order valence-electron chi connectivity index (χ4n) is 1.50. The van der Waals surface area contributed by atoms with E-state index in [1.54, 1.807) is 28.6 Å². The van der Waals surface area contributed by atoms with Crippen molar-refractivity contribution in [2.75, 3.05) is 11.5 Å². The molecular formula is C12H13Cl2N3S. The van der Waals surface area contributed by atoms with Crippen molar-refractivity contribution in [2.45, 2.75) is 18.4 Å². The molecule has 1 aromatic heterocycles. The topological polar surface area (TPSA) is 43.8 Å². The predicted molar refractivity (Wildman–Crippen MR) is 79.0 cm³/mol. The average molecular weight is 302 g/mol. The Balaban J connectivity index is 2.35. The maximum Gasteiger partial charge on any atom is 0.128 e. The molecule has 18 heavy (non-hydrogen) atoms. The molecule has 0 fully saturated rings. The van der Waals surface area contributed by atoms with Gasteiger partial charge >= 0.3 is 0 Å². The van der Waals surface area contributed by atoms with E-state index < -0.39 is 0 Å². The lowest BCUT2D eigenvalue weighted by Crippen LogP contribution is -2.02. The minimum Gasteiger partial charge on any atom is -0.384 e. The number of anilines is 1. The second-order valence-electron chi connectivity index (χ2n) is 3.76. The highest BCUT2D eigenvalue weighted by Crippen LogP contribution is 2.28. The van der Waals surface area contributed by atoms with E-state index >= 15 is 0 Å². The van der Waals surface area contributed by atoms with Gasteiger partial charge in [0.05, 0.1) is 10.7 Å². The van der Waals surface area contributed by atoms with E-state index in [9.17, 15) is 0 Å². The van der Waals surface area contributed by atoms with E-state index in [0.717, 1.165) is 22.9 Å². The summed E-state index contributed by atoms with van der Waals surface area (Å²) in [6.07, 6.45) is 1.10. The summed E-state index contributed by atoms with van der Waals surface area (Å²) in [5, 5.41) is 6.46. The van der Waals surface area contributed by atoms with Crippen molar-refractivity contribution in [3.63, 3.8) is 0 Å². The van der Waals surface area contributed by atoms with Gasteiger partial charge in [0.15, 0.2) is 0 Å². The highest BCUT2D eigenvalue weighted by atomic mass is 35.5. The minimum atomic E-state index is 0.532. The first-order valence-electron chi connectivity index (χ1n) is 5.55. The summed E-state index contributed by atoms with van der Waals surface area (Å²) in [6.45, 7) is 2.13. The van der Waals surface area contributed by atoms with Crippen molar-refractivity contribution in [3.05, 3.63) is 34.3 Å². The molecule has 0 aliphatic heterocycles. The molecule has 0 aliphatic rings. The Morgan fingerprint density at radius 2 is 2.11 bits per heavy atom. The molecule has 0 saturated heterocycles. The summed E-state index contributed by atoms with van der Waals surface area (Å²) in [6, 6.07) is 7.11. The van der Waals surface area contributed by atoms with E-state index in [1.165, 1.54) is 0 Å². The largest absolute Gasteiger partial charge is 0.384 e. The second-order valence-corrected chi connectivity index (χ2v) is 5.72. The number of nitrogens with two attached hydrogens (primary N) is 1. The van der Waals surface area contributed by atoms with E-state index in [2.05, 4.69) is 12.0 Å². The normalized spacial score (nSPS) is 10.8. The first-order chi connectivity index (χ1) is 8.61. The van der Waals surface area contributed by atoms with E-state index in [0.29, 0.717) is 15.9 Å². The average Bonchev–Trinajstić information content (AvgIpc) is 2.68. The SMILES string of the molecule is CCCSc1cc(N)n(-c2ccc(Cl)cc2Cl)n1. The smallest absolute Gasteiger partial charge is 0.128 e. The second kappa shape index (κ2) is 5.87. The van der Waals surface area contributed by atoms with Gasteiger partial charge in [0.1, 0.15) is 10.8 Å². The molecule has 0 radical (unpaired) electrons. The van der Waals surface area contributed by atoms with Crippen molar-refractivity contribution in [1.29, 1.82) is 0 Å². The molecule has 1 aromatic carbocycles. The third-order valence-electron chi connectivity index (χ3n) is 2.31. The van der Waals surface area contributed by atoms with Gasteiger partial charge in [0.25, 0.3) is 0 Å². The lowest BCUT2D eigenvalue weighted by Gasteiger charge is -2.06. The number of halogens is 2. The van der Waals surface area contributed by atoms with Gasteiger partial charge < -0.3 is 5.73 Å². The van der Waals surface area contributed by atoms with Gasteiger partial charge in [0, 0.05) is 11.1 Å². The van der Waals surface area contributed by atoms with Gasteiger partial charge in [-0.1, -0.05) is 30.1 Å². The summed E-state index contributed by atoms with van der Waals surface area (Å²) in [4.78, 5) is 0. The minimum absolute atomic E-state index is 0.532. The van der Waals surface area contributed by atoms with Gasteiger partial charge in [-0.3, -0.25) is 0 Å². The molecule has 3 nitrogen and oxygen atoms in total. The molecular weight excluding hydrogens is 289 g/mol. The molecule has 2 rings (SSSR count). The van der Waals surface area contributed by atoms with Crippen LogP contribution in [0.3, 0.4) is 0 Å². The van der Waals surface area contributed by atoms with Crippen molar-refractivity contribution >= 4 is 40.8 Å². The standard InChI is InChI=1S/C12H13Cl2N3S/c1-2-5-18-12-7-11(15)17(16-12)10-4-3-8(13)6-9(10)14/h3-4,6-7H,2,5,15H2,1H3. The number of nitrogen functional groups attached to an aromatic ring is 1. The Kier molecular flexibility index (Phi) is 4.43. The molecule has 0 amide bonds. The number of thioether (sulfide) groups is 1. The monoisotopic (exact) mass is 301 g/mol. The van der Waals surface area contributed by atoms with Gasteiger partial charge in [-0.05, 0) is 30.4 Å². The van der Waals surface area contributed by atoms with Crippen LogP contribution >= 0.6 is 35.0 Å². The van der Waals surface area contributed by atoms with Crippen LogP contribution in [0.4, 0.5) is 5.82 Å². The van der Waals surface area contributed by atoms with Crippen LogP contribution in [0.5, 0.6) is 0 Å². The molecule has 0 saturated carbocycles. The Hall–Kier alpha value is -0.840. The molecule has 0 bridgehead atoms. The summed E-state index contributed by atoms with van der Waals surface area (Å²) < 4.78 is 1.64. The lowest BCUT2D eigenvalue weighted by atomic mass is 10.3. The van der Waals surface area contributed by atoms with Gasteiger partial charge in [0.2, 0.25) is 0 Å². The summed E-state index contributed by atoms with van der Waals surface area (Å²) in [5.74, 6) is 1.59. The Morgan fingerprint density at radius 1 is 1.33 bits per heavy atom. The fourth-order valence-corrected chi connectivity index (χ4v) is 2.74. The molecule has 2 N–H and O–H groups in total. The van der Waals surface area contributed by atoms with Crippen LogP contribution in [0.1, 0.15) is 13.3 Å². The lowest BCUT2D eigenvalue weighted by molar-refractivity contribution is 0.845. The van der Waals surface area contributed by atoms with Crippen LogP contribution in [-0.2, 0) is 0 Å². The number of nitrogens with zero attached hydrogens (tertiary/aromatic N) is 2. The van der Waals surface area contributed by atoms with E-state index in [4.69, 9.17) is 28.9 Å². The summed E-state index contributed by atoms with van der Waals surface area (Å²) in [5.41, 5.74) is 6.69. The molecule has 0 spiro atoms. The van der Waals surface area contributed by atoms with Crippen molar-refractivity contribution in [2.24, 2.45) is 0 Å². The summed E-state index contributed by atoms with van der Waals surface area (Å²) in [7, 11) is 0. The predicted octanol–water partition coefficient (Wildman–Crippen LogP) is 4.26. The maximum atomic E-state index is 6.14. The number of aromatic nitrogens is 2. The fraction of sp³-hybridized carbons (Fsp3) is 0.250. The van der Waals surface area contributed by atoms with E-state index in [1.807, 2.05) is 12.1 Å². The molecule has 0 unspecified atom stereocenters. The number of rotatable bonds is 4. The van der Waals surface area contributed by atoms with Gasteiger partial charge in [-0.2, -0.15) is 5.10 Å². The molecule has 0 atom stereocenters. The maximum absolute atomic E-state index is 6.14. The van der Waals surface area contributed by atoms with E-state index in [-0.39, 0.29) is 0 Å². The van der Waals surface area contributed by atoms with Gasteiger partial charge in [-0.25, -0.2) is 4.68 Å². The van der Waals surface area contributed by atoms with Crippen LogP contribution < -0.4 is 5.73 Å². The number of hydrogen-bond acceptors (Lipinski definition) is 3. The van der Waals surface area contributed by atoms with Gasteiger partial charge in [-0.15, -0.1) is 11.8 Å². The van der Waals surface area contributed by atoms with Crippen LogP contribution in [0.15, 0.2) is 29.3 Å². The van der Waals surface area contributed by atoms with Crippen LogP contribution in [0.2, 0.25) is 10.0 Å². The first kappa shape index (κ1) is 13.6. The summed E-state index contributed by atoms with van der Waals surface area (Å²) >= 11 is 13.7. The molecule has 2 aromatic rings. The molecule has 6 heteroatoms. The first-order valence-corrected chi connectivity index (χ1v) is 7.29. The van der Waals surface area contributed by atoms with Crippen LogP contribution in [0.25, 0.3) is 5.69 Å². The van der Waals surface area contributed by atoms with Crippen molar-refractivity contribution in [1.82, 2.24) is 9.78 Å². The third-order valence-corrected chi connectivity index (χ3v) is 3.95. The van der Waals surface area contributed by atoms with Crippen molar-refractivity contribution < 1.29 is 0 Å². The highest BCUT2D eigenvalue weighted by molar-refractivity contribution is 7.99. The van der Waals surface area contributed by atoms with Crippen LogP contribution in [-0.4, -0.2) is 15.5 Å². The molecule has 0 aliphatic carbocycles. The third kappa shape index (κ3) is 2.94. The molecule has 1 heterocycles. The Morgan fingerprint density at radius 3 is 2.78 bits per heavy atom. The Labute approximate surface area is 120 Å². The Bertz CT molecular complexity index is 554. The quantitative estimate of drug-likeness (QED) is 0.858. The van der Waals surface area contributed by atoms with Crippen molar-refractivity contribution in [3.8, 4) is 5.69 Å². The zero-order valence-electron chi connectivity index (χ0n) is 9.86. The zero-order chi connectivity index (χ0) is 13.1. The highest BCUT2D eigenvalue weighted by Gasteiger charge is 2.10. The number of hydrogen-bond donors (Lipinski definition) is 1. The zero-order valence-corrected chi connectivity index (χ0v) is 12.2. The number of benzene rings is 1.